The zero-order valence-corrected chi connectivity index (χ0v) is 10.3. The van der Waals surface area contributed by atoms with Gasteiger partial charge < -0.3 is 5.73 Å². The van der Waals surface area contributed by atoms with Gasteiger partial charge in [-0.05, 0) is 30.0 Å². The summed E-state index contributed by atoms with van der Waals surface area (Å²) in [5.41, 5.74) is 5.91. The summed E-state index contributed by atoms with van der Waals surface area (Å²) in [6.07, 6.45) is 3.28. The largest absolute Gasteiger partial charge is 0.384 e. The van der Waals surface area contributed by atoms with E-state index in [1.54, 1.807) is 18.5 Å². The highest BCUT2D eigenvalue weighted by molar-refractivity contribution is 7.99. The molecular formula is C11H9ClN4S. The summed E-state index contributed by atoms with van der Waals surface area (Å²) in [7, 11) is 0. The fourth-order valence-corrected chi connectivity index (χ4v) is 2.31. The molecule has 0 amide bonds. The van der Waals surface area contributed by atoms with Crippen molar-refractivity contribution in [1.82, 2.24) is 9.97 Å². The molecule has 0 fully saturated rings. The van der Waals surface area contributed by atoms with Crippen LogP contribution < -0.4 is 5.73 Å². The lowest BCUT2D eigenvalue weighted by Gasteiger charge is -2.06. The molecule has 0 atom stereocenters. The van der Waals surface area contributed by atoms with Gasteiger partial charge in [0.25, 0.3) is 0 Å². The van der Waals surface area contributed by atoms with Gasteiger partial charge in [0.2, 0.25) is 0 Å². The van der Waals surface area contributed by atoms with E-state index in [0.29, 0.717) is 15.6 Å². The molecule has 0 aliphatic carbocycles. The summed E-state index contributed by atoms with van der Waals surface area (Å²) >= 11 is 7.46. The van der Waals surface area contributed by atoms with Gasteiger partial charge in [-0.1, -0.05) is 17.7 Å². The van der Waals surface area contributed by atoms with E-state index in [-0.39, 0.29) is 5.84 Å². The molecular weight excluding hydrogens is 256 g/mol. The van der Waals surface area contributed by atoms with Crippen LogP contribution in [0, 0.1) is 5.41 Å². The zero-order valence-electron chi connectivity index (χ0n) is 8.72. The second-order valence-electron chi connectivity index (χ2n) is 3.16. The Balaban J connectivity index is 2.34. The van der Waals surface area contributed by atoms with Crippen molar-refractivity contribution in [2.75, 3.05) is 0 Å². The van der Waals surface area contributed by atoms with Crippen LogP contribution in [0.1, 0.15) is 5.56 Å². The van der Waals surface area contributed by atoms with Crippen molar-refractivity contribution in [3.05, 3.63) is 47.2 Å². The van der Waals surface area contributed by atoms with Crippen molar-refractivity contribution in [2.45, 2.75) is 10.1 Å². The van der Waals surface area contributed by atoms with E-state index in [1.807, 2.05) is 18.2 Å². The highest BCUT2D eigenvalue weighted by atomic mass is 35.5. The number of nitrogens with two attached hydrogens (primary N) is 1. The number of nitrogen functional groups attached to an aromatic ring is 1. The van der Waals surface area contributed by atoms with Gasteiger partial charge >= 0.3 is 0 Å². The number of rotatable bonds is 3. The number of halogens is 1. The standard InChI is InChI=1S/C11H9ClN4S/c12-9-7(10(13)14)4-6-16-11(9)17-8-3-1-2-5-15-8/h1-6H,(H3,13,14). The monoisotopic (exact) mass is 264 g/mol. The SMILES string of the molecule is N=C(N)c1ccnc(Sc2ccccn2)c1Cl. The second-order valence-corrected chi connectivity index (χ2v) is 4.55. The van der Waals surface area contributed by atoms with Crippen LogP contribution in [0.5, 0.6) is 0 Å². The zero-order chi connectivity index (χ0) is 12.3. The summed E-state index contributed by atoms with van der Waals surface area (Å²) in [4.78, 5) is 8.32. The van der Waals surface area contributed by atoms with Crippen molar-refractivity contribution >= 4 is 29.2 Å². The molecule has 0 saturated carbocycles. The summed E-state index contributed by atoms with van der Waals surface area (Å²) in [5, 5.41) is 9.17. The Kier molecular flexibility index (Phi) is 3.61. The third-order valence-electron chi connectivity index (χ3n) is 1.99. The number of pyridine rings is 2. The highest BCUT2D eigenvalue weighted by Crippen LogP contribution is 2.31. The predicted octanol–water partition coefficient (Wildman–Crippen LogP) is 2.57. The fourth-order valence-electron chi connectivity index (χ4n) is 1.21. The molecule has 2 aromatic heterocycles. The maximum atomic E-state index is 7.39. The van der Waals surface area contributed by atoms with Crippen molar-refractivity contribution in [1.29, 1.82) is 5.41 Å². The Morgan fingerprint density at radius 1 is 1.24 bits per heavy atom. The maximum absolute atomic E-state index is 7.39. The average molecular weight is 265 g/mol. The molecule has 3 N–H and O–H groups in total. The smallest absolute Gasteiger partial charge is 0.124 e. The van der Waals surface area contributed by atoms with Crippen LogP contribution in [-0.2, 0) is 0 Å². The van der Waals surface area contributed by atoms with E-state index < -0.39 is 0 Å². The molecule has 0 saturated heterocycles. The Morgan fingerprint density at radius 2 is 2.06 bits per heavy atom. The third kappa shape index (κ3) is 2.75. The minimum absolute atomic E-state index is 0.0692. The van der Waals surface area contributed by atoms with E-state index in [1.165, 1.54) is 11.8 Å². The van der Waals surface area contributed by atoms with Gasteiger partial charge in [-0.2, -0.15) is 0 Å². The summed E-state index contributed by atoms with van der Waals surface area (Å²) in [6.45, 7) is 0. The number of nitrogens with one attached hydrogen (secondary N) is 1. The van der Waals surface area contributed by atoms with Crippen LogP contribution in [-0.4, -0.2) is 15.8 Å². The molecule has 2 aromatic rings. The van der Waals surface area contributed by atoms with Crippen molar-refractivity contribution < 1.29 is 0 Å². The minimum atomic E-state index is -0.0692. The first-order valence-corrected chi connectivity index (χ1v) is 5.95. The van der Waals surface area contributed by atoms with Gasteiger partial charge in [-0.15, -0.1) is 0 Å². The Labute approximate surface area is 108 Å². The van der Waals surface area contributed by atoms with E-state index in [2.05, 4.69) is 9.97 Å². The van der Waals surface area contributed by atoms with Crippen LogP contribution in [0.3, 0.4) is 0 Å². The van der Waals surface area contributed by atoms with Gasteiger partial charge in [0.05, 0.1) is 5.02 Å². The van der Waals surface area contributed by atoms with Crippen molar-refractivity contribution in [3.63, 3.8) is 0 Å². The molecule has 0 aliphatic heterocycles. The lowest BCUT2D eigenvalue weighted by Crippen LogP contribution is -2.12. The van der Waals surface area contributed by atoms with E-state index in [4.69, 9.17) is 22.7 Å². The van der Waals surface area contributed by atoms with Gasteiger partial charge in [-0.3, -0.25) is 5.41 Å². The first kappa shape index (κ1) is 11.9. The number of hydrogen-bond acceptors (Lipinski definition) is 4. The number of amidine groups is 1. The Bertz CT molecular complexity index is 544. The summed E-state index contributed by atoms with van der Waals surface area (Å²) in [5.74, 6) is -0.0692. The molecule has 0 aliphatic rings. The van der Waals surface area contributed by atoms with Crippen LogP contribution in [0.15, 0.2) is 46.7 Å². The normalized spacial score (nSPS) is 10.2. The predicted molar refractivity (Wildman–Crippen MR) is 68.6 cm³/mol. The van der Waals surface area contributed by atoms with E-state index in [9.17, 15) is 0 Å². The maximum Gasteiger partial charge on any atom is 0.124 e. The molecule has 86 valence electrons. The number of aromatic nitrogens is 2. The second kappa shape index (κ2) is 5.16. The lowest BCUT2D eigenvalue weighted by molar-refractivity contribution is 1.09. The third-order valence-corrected chi connectivity index (χ3v) is 3.43. The fraction of sp³-hybridized carbons (Fsp3) is 0. The van der Waals surface area contributed by atoms with E-state index >= 15 is 0 Å². The first-order chi connectivity index (χ1) is 8.18. The summed E-state index contributed by atoms with van der Waals surface area (Å²) < 4.78 is 0. The summed E-state index contributed by atoms with van der Waals surface area (Å²) in [6, 6.07) is 7.21. The lowest BCUT2D eigenvalue weighted by atomic mass is 10.2. The molecule has 0 aromatic carbocycles. The molecule has 0 spiro atoms. The van der Waals surface area contributed by atoms with E-state index in [0.717, 1.165) is 5.03 Å². The quantitative estimate of drug-likeness (QED) is 0.660. The molecule has 2 heterocycles. The number of hydrogen-bond donors (Lipinski definition) is 2. The molecule has 0 unspecified atom stereocenters. The van der Waals surface area contributed by atoms with Crippen molar-refractivity contribution in [3.8, 4) is 0 Å². The molecule has 0 bridgehead atoms. The molecule has 0 radical (unpaired) electrons. The van der Waals surface area contributed by atoms with Gasteiger partial charge in [0, 0.05) is 18.0 Å². The first-order valence-electron chi connectivity index (χ1n) is 4.76. The molecule has 4 nitrogen and oxygen atoms in total. The highest BCUT2D eigenvalue weighted by Gasteiger charge is 2.11. The van der Waals surface area contributed by atoms with Gasteiger partial charge in [0.1, 0.15) is 15.9 Å². The number of nitrogens with zero attached hydrogens (tertiary/aromatic N) is 2. The van der Waals surface area contributed by atoms with Crippen LogP contribution in [0.2, 0.25) is 5.02 Å². The van der Waals surface area contributed by atoms with Gasteiger partial charge in [-0.25, -0.2) is 9.97 Å². The molecule has 6 heteroatoms. The van der Waals surface area contributed by atoms with Crippen LogP contribution >= 0.6 is 23.4 Å². The van der Waals surface area contributed by atoms with Crippen LogP contribution in [0.4, 0.5) is 0 Å². The Hall–Kier alpha value is -1.59. The molecule has 2 rings (SSSR count). The minimum Gasteiger partial charge on any atom is -0.384 e. The Morgan fingerprint density at radius 3 is 2.71 bits per heavy atom. The van der Waals surface area contributed by atoms with Crippen LogP contribution in [0.25, 0.3) is 0 Å². The topological polar surface area (TPSA) is 75.7 Å². The van der Waals surface area contributed by atoms with Crippen molar-refractivity contribution in [2.24, 2.45) is 5.73 Å². The van der Waals surface area contributed by atoms with Gasteiger partial charge in [0.15, 0.2) is 0 Å². The molecule has 17 heavy (non-hydrogen) atoms. The average Bonchev–Trinajstić information content (AvgIpc) is 2.33.